The number of carbonyl (C=O) groups is 1. The minimum Gasteiger partial charge on any atom is -0.379 e. The first kappa shape index (κ1) is 15.6. The molecule has 0 radical (unpaired) electrons. The highest BCUT2D eigenvalue weighted by Crippen LogP contribution is 2.21. The number of aromatic nitrogens is 1. The summed E-state index contributed by atoms with van der Waals surface area (Å²) in [5, 5.41) is 3.03. The Kier molecular flexibility index (Phi) is 5.34. The fourth-order valence-corrected chi connectivity index (χ4v) is 2.81. The number of pyridine rings is 1. The Morgan fingerprint density at radius 3 is 2.65 bits per heavy atom. The van der Waals surface area contributed by atoms with Crippen LogP contribution in [0.1, 0.15) is 22.0 Å². The summed E-state index contributed by atoms with van der Waals surface area (Å²) < 4.78 is 5.44. The predicted octanol–water partition coefficient (Wildman–Crippen LogP) is 1.88. The minimum atomic E-state index is -0.0905. The summed E-state index contributed by atoms with van der Waals surface area (Å²) in [6.45, 7) is 3.79. The maximum absolute atomic E-state index is 12.3. The number of ether oxygens (including phenoxy) is 1. The Morgan fingerprint density at radius 1 is 1.17 bits per heavy atom. The fraction of sp³-hybridized carbons (Fsp3) is 0.333. The standard InChI is InChI=1S/C18H21N3O2/c22-18(16-7-4-8-19-13-16)20-14-17(15-5-2-1-3-6-15)21-9-11-23-12-10-21/h1-8,13,17H,9-12,14H2,(H,20,22)/t17-/m0/s1. The zero-order chi connectivity index (χ0) is 15.9. The van der Waals surface area contributed by atoms with E-state index in [9.17, 15) is 4.79 Å². The zero-order valence-electron chi connectivity index (χ0n) is 13.0. The third kappa shape index (κ3) is 4.15. The lowest BCUT2D eigenvalue weighted by molar-refractivity contribution is 0.0162. The Morgan fingerprint density at radius 2 is 1.96 bits per heavy atom. The van der Waals surface area contributed by atoms with Gasteiger partial charge in [0.15, 0.2) is 0 Å². The molecule has 0 saturated carbocycles. The van der Waals surface area contributed by atoms with Gasteiger partial charge < -0.3 is 10.1 Å². The second-order valence-corrected chi connectivity index (χ2v) is 5.53. The van der Waals surface area contributed by atoms with E-state index in [1.807, 2.05) is 18.2 Å². The summed E-state index contributed by atoms with van der Waals surface area (Å²) in [5.41, 5.74) is 1.79. The van der Waals surface area contributed by atoms with Gasteiger partial charge >= 0.3 is 0 Å². The summed E-state index contributed by atoms with van der Waals surface area (Å²) in [4.78, 5) is 18.6. The van der Waals surface area contributed by atoms with E-state index in [0.29, 0.717) is 12.1 Å². The first-order valence-electron chi connectivity index (χ1n) is 7.89. The molecule has 1 fully saturated rings. The molecule has 0 unspecified atom stereocenters. The Labute approximate surface area is 136 Å². The van der Waals surface area contributed by atoms with Gasteiger partial charge in [0.1, 0.15) is 0 Å². The van der Waals surface area contributed by atoms with Crippen LogP contribution >= 0.6 is 0 Å². The second-order valence-electron chi connectivity index (χ2n) is 5.53. The number of nitrogens with zero attached hydrogens (tertiary/aromatic N) is 2. The van der Waals surface area contributed by atoms with Gasteiger partial charge in [0.05, 0.1) is 24.8 Å². The average Bonchev–Trinajstić information content (AvgIpc) is 2.64. The molecule has 5 heteroatoms. The summed E-state index contributed by atoms with van der Waals surface area (Å²) in [6, 6.07) is 14.0. The number of rotatable bonds is 5. The molecule has 1 aromatic heterocycles. The molecule has 5 nitrogen and oxygen atoms in total. The van der Waals surface area contributed by atoms with Crippen molar-refractivity contribution in [1.29, 1.82) is 0 Å². The molecule has 0 aliphatic carbocycles. The van der Waals surface area contributed by atoms with Gasteiger partial charge in [0.2, 0.25) is 0 Å². The lowest BCUT2D eigenvalue weighted by atomic mass is 10.0. The molecular formula is C18H21N3O2. The normalized spacial score (nSPS) is 16.7. The van der Waals surface area contributed by atoms with Crippen LogP contribution in [0.2, 0.25) is 0 Å². The van der Waals surface area contributed by atoms with Crippen molar-refractivity contribution in [2.75, 3.05) is 32.8 Å². The third-order valence-electron chi connectivity index (χ3n) is 4.05. The molecule has 2 aromatic rings. The van der Waals surface area contributed by atoms with Gasteiger partial charge in [0.25, 0.3) is 5.91 Å². The molecule has 1 aromatic carbocycles. The van der Waals surface area contributed by atoms with Crippen molar-refractivity contribution in [3.05, 3.63) is 66.0 Å². The molecule has 0 spiro atoms. The number of hydrogen-bond acceptors (Lipinski definition) is 4. The van der Waals surface area contributed by atoms with E-state index in [0.717, 1.165) is 26.3 Å². The van der Waals surface area contributed by atoms with Crippen molar-refractivity contribution in [3.63, 3.8) is 0 Å². The summed E-state index contributed by atoms with van der Waals surface area (Å²) in [5.74, 6) is -0.0905. The Hall–Kier alpha value is -2.24. The van der Waals surface area contributed by atoms with Crippen molar-refractivity contribution < 1.29 is 9.53 Å². The molecule has 120 valence electrons. The van der Waals surface area contributed by atoms with Gasteiger partial charge in [0, 0.05) is 32.0 Å². The zero-order valence-corrected chi connectivity index (χ0v) is 13.0. The lowest BCUT2D eigenvalue weighted by Gasteiger charge is -2.34. The number of morpholine rings is 1. The van der Waals surface area contributed by atoms with Crippen LogP contribution in [0.25, 0.3) is 0 Å². The van der Waals surface area contributed by atoms with E-state index in [1.165, 1.54) is 5.56 Å². The lowest BCUT2D eigenvalue weighted by Crippen LogP contribution is -2.43. The number of amides is 1. The maximum Gasteiger partial charge on any atom is 0.252 e. The maximum atomic E-state index is 12.3. The smallest absolute Gasteiger partial charge is 0.252 e. The number of nitrogens with one attached hydrogen (secondary N) is 1. The second kappa shape index (κ2) is 7.85. The highest BCUT2D eigenvalue weighted by atomic mass is 16.5. The molecule has 23 heavy (non-hydrogen) atoms. The largest absolute Gasteiger partial charge is 0.379 e. The van der Waals surface area contributed by atoms with E-state index < -0.39 is 0 Å². The van der Waals surface area contributed by atoms with E-state index >= 15 is 0 Å². The summed E-state index contributed by atoms with van der Waals surface area (Å²) in [7, 11) is 0. The molecule has 1 aliphatic heterocycles. The SMILES string of the molecule is O=C(NC[C@@H](c1ccccc1)N1CCOCC1)c1cccnc1. The molecule has 1 atom stereocenters. The Bertz CT molecular complexity index is 613. The van der Waals surface area contributed by atoms with Crippen molar-refractivity contribution in [2.45, 2.75) is 6.04 Å². The molecule has 1 saturated heterocycles. The van der Waals surface area contributed by atoms with Crippen LogP contribution in [0.5, 0.6) is 0 Å². The van der Waals surface area contributed by atoms with E-state index in [-0.39, 0.29) is 11.9 Å². The quantitative estimate of drug-likeness (QED) is 0.916. The van der Waals surface area contributed by atoms with Crippen LogP contribution in [0.3, 0.4) is 0 Å². The van der Waals surface area contributed by atoms with Gasteiger partial charge in [-0.25, -0.2) is 0 Å². The monoisotopic (exact) mass is 311 g/mol. The summed E-state index contributed by atoms with van der Waals surface area (Å²) >= 11 is 0. The van der Waals surface area contributed by atoms with Gasteiger partial charge in [-0.15, -0.1) is 0 Å². The molecule has 1 N–H and O–H groups in total. The van der Waals surface area contributed by atoms with Crippen molar-refractivity contribution in [2.24, 2.45) is 0 Å². The fourth-order valence-electron chi connectivity index (χ4n) is 2.81. The van der Waals surface area contributed by atoms with Crippen LogP contribution < -0.4 is 5.32 Å². The molecule has 1 amide bonds. The van der Waals surface area contributed by atoms with Crippen molar-refractivity contribution >= 4 is 5.91 Å². The highest BCUT2D eigenvalue weighted by molar-refractivity contribution is 5.93. The number of benzene rings is 1. The molecule has 0 bridgehead atoms. The first-order valence-corrected chi connectivity index (χ1v) is 7.89. The van der Waals surface area contributed by atoms with Gasteiger partial charge in [-0.3, -0.25) is 14.7 Å². The first-order chi connectivity index (χ1) is 11.3. The number of hydrogen-bond donors (Lipinski definition) is 1. The van der Waals surface area contributed by atoms with Gasteiger partial charge in [-0.1, -0.05) is 30.3 Å². The molecule has 1 aliphatic rings. The van der Waals surface area contributed by atoms with Crippen LogP contribution in [0, 0.1) is 0 Å². The molecule has 2 heterocycles. The Balaban J connectivity index is 1.70. The van der Waals surface area contributed by atoms with Gasteiger partial charge in [-0.2, -0.15) is 0 Å². The van der Waals surface area contributed by atoms with Crippen molar-refractivity contribution in [3.8, 4) is 0 Å². The topological polar surface area (TPSA) is 54.5 Å². The van der Waals surface area contributed by atoms with Gasteiger partial charge in [-0.05, 0) is 17.7 Å². The van der Waals surface area contributed by atoms with Crippen LogP contribution in [0.4, 0.5) is 0 Å². The minimum absolute atomic E-state index is 0.0905. The van der Waals surface area contributed by atoms with Crippen LogP contribution in [0.15, 0.2) is 54.9 Å². The predicted molar refractivity (Wildman–Crippen MR) is 88.1 cm³/mol. The van der Waals surface area contributed by atoms with E-state index in [1.54, 1.807) is 24.5 Å². The number of carbonyl (C=O) groups excluding carboxylic acids is 1. The van der Waals surface area contributed by atoms with E-state index in [2.05, 4.69) is 27.3 Å². The van der Waals surface area contributed by atoms with E-state index in [4.69, 9.17) is 4.74 Å². The van der Waals surface area contributed by atoms with Crippen molar-refractivity contribution in [1.82, 2.24) is 15.2 Å². The average molecular weight is 311 g/mol. The third-order valence-corrected chi connectivity index (χ3v) is 4.05. The van der Waals surface area contributed by atoms with Crippen LogP contribution in [-0.2, 0) is 4.74 Å². The van der Waals surface area contributed by atoms with Crippen LogP contribution in [-0.4, -0.2) is 48.6 Å². The molecular weight excluding hydrogens is 290 g/mol. The summed E-state index contributed by atoms with van der Waals surface area (Å²) in [6.07, 6.45) is 3.25. The highest BCUT2D eigenvalue weighted by Gasteiger charge is 2.23. The molecule has 3 rings (SSSR count).